The summed E-state index contributed by atoms with van der Waals surface area (Å²) in [5.41, 5.74) is 3.61. The maximum absolute atomic E-state index is 14.7. The first-order valence-corrected chi connectivity index (χ1v) is 11.7. The molecule has 188 valence electrons. The van der Waals surface area contributed by atoms with Crippen molar-refractivity contribution in [3.8, 4) is 11.3 Å². The molecule has 0 unspecified atom stereocenters. The lowest BCUT2D eigenvalue weighted by Gasteiger charge is -2.27. The lowest BCUT2D eigenvalue weighted by Crippen LogP contribution is -2.40. The largest absolute Gasteiger partial charge is 0.444 e. The van der Waals surface area contributed by atoms with Crippen LogP contribution in [0.3, 0.4) is 0 Å². The van der Waals surface area contributed by atoms with Crippen molar-refractivity contribution >= 4 is 28.7 Å². The van der Waals surface area contributed by atoms with Gasteiger partial charge in [-0.15, -0.1) is 0 Å². The molecule has 0 aliphatic carbocycles. The van der Waals surface area contributed by atoms with Gasteiger partial charge < -0.3 is 23.7 Å². The predicted molar refractivity (Wildman–Crippen MR) is 131 cm³/mol. The third kappa shape index (κ3) is 5.42. The minimum atomic E-state index is -0.599. The van der Waals surface area contributed by atoms with Gasteiger partial charge in [-0.05, 0) is 45.4 Å². The van der Waals surface area contributed by atoms with Crippen molar-refractivity contribution in [2.24, 2.45) is 0 Å². The molecular formula is C25H30ClFN4O4. The van der Waals surface area contributed by atoms with E-state index >= 15 is 0 Å². The van der Waals surface area contributed by atoms with Gasteiger partial charge in [-0.2, -0.15) is 0 Å². The highest BCUT2D eigenvalue weighted by molar-refractivity contribution is 6.29. The quantitative estimate of drug-likeness (QED) is 0.434. The number of hydrogen-bond acceptors (Lipinski definition) is 6. The zero-order chi connectivity index (χ0) is 25.5. The van der Waals surface area contributed by atoms with Crippen LogP contribution in [0.5, 0.6) is 0 Å². The van der Waals surface area contributed by atoms with Gasteiger partial charge in [-0.1, -0.05) is 11.6 Å². The number of imidazole rings is 1. The minimum absolute atomic E-state index is 0.291. The maximum Gasteiger partial charge on any atom is 0.410 e. The van der Waals surface area contributed by atoms with Gasteiger partial charge >= 0.3 is 6.09 Å². The summed E-state index contributed by atoms with van der Waals surface area (Å²) in [5.74, 6) is 0.267. The lowest BCUT2D eigenvalue weighted by atomic mass is 10.0. The molecule has 1 aliphatic heterocycles. The van der Waals surface area contributed by atoms with Crippen molar-refractivity contribution in [1.82, 2.24) is 19.4 Å². The highest BCUT2D eigenvalue weighted by Crippen LogP contribution is 2.36. The highest BCUT2D eigenvalue weighted by atomic mass is 35.5. The van der Waals surface area contributed by atoms with Crippen molar-refractivity contribution in [1.29, 1.82) is 0 Å². The van der Waals surface area contributed by atoms with Gasteiger partial charge in [0.1, 0.15) is 22.4 Å². The fourth-order valence-corrected chi connectivity index (χ4v) is 4.47. The first-order valence-electron chi connectivity index (χ1n) is 11.4. The molecule has 8 nitrogen and oxygen atoms in total. The molecule has 0 fully saturated rings. The van der Waals surface area contributed by atoms with E-state index in [0.29, 0.717) is 54.1 Å². The number of benzene rings is 1. The second-order valence-corrected chi connectivity index (χ2v) is 10.1. The summed E-state index contributed by atoms with van der Waals surface area (Å²) < 4.78 is 33.4. The first-order chi connectivity index (χ1) is 16.5. The Bertz CT molecular complexity index is 1270. The first kappa shape index (κ1) is 25.3. The van der Waals surface area contributed by atoms with Crippen molar-refractivity contribution in [2.75, 3.05) is 20.7 Å². The van der Waals surface area contributed by atoms with Crippen LogP contribution in [-0.4, -0.2) is 57.9 Å². The van der Waals surface area contributed by atoms with E-state index in [4.69, 9.17) is 25.8 Å². The van der Waals surface area contributed by atoms with Crippen molar-refractivity contribution in [2.45, 2.75) is 59.2 Å². The number of aryl methyl sites for hydroxylation is 1. The Hall–Kier alpha value is -2.75. The number of fused-ring (bicyclic) bond motifs is 2. The number of carbonyl (C=O) groups excluding carboxylic acids is 1. The third-order valence-corrected chi connectivity index (χ3v) is 6.04. The Morgan fingerprint density at radius 2 is 2.03 bits per heavy atom. The van der Waals surface area contributed by atoms with Crippen molar-refractivity contribution < 1.29 is 23.4 Å². The van der Waals surface area contributed by atoms with Crippen LogP contribution in [0.1, 0.15) is 37.7 Å². The Balaban J connectivity index is 1.73. The van der Waals surface area contributed by atoms with E-state index in [1.165, 1.54) is 17.0 Å². The Labute approximate surface area is 208 Å². The number of amides is 1. The zero-order valence-electron chi connectivity index (χ0n) is 20.8. The SMILES string of the molecule is CO[C@@H](CN(C)C(=O)OC(C)(C)C)Cn1c(C)nc2cc(F)cc(-c3nc(Cl)cc4c3COC4)c21. The molecule has 2 aromatic heterocycles. The summed E-state index contributed by atoms with van der Waals surface area (Å²) in [6.07, 6.45) is -0.809. The zero-order valence-corrected chi connectivity index (χ0v) is 21.6. The van der Waals surface area contributed by atoms with Crippen LogP contribution in [-0.2, 0) is 34.0 Å². The summed E-state index contributed by atoms with van der Waals surface area (Å²) >= 11 is 6.30. The van der Waals surface area contributed by atoms with Crippen LogP contribution in [0.4, 0.5) is 9.18 Å². The molecule has 0 saturated carbocycles. The number of halogens is 2. The number of ether oxygens (including phenoxy) is 3. The van der Waals surface area contributed by atoms with E-state index in [1.807, 2.05) is 32.3 Å². The average Bonchev–Trinajstić information content (AvgIpc) is 3.34. The van der Waals surface area contributed by atoms with Crippen LogP contribution < -0.4 is 0 Å². The van der Waals surface area contributed by atoms with Gasteiger partial charge in [0.15, 0.2) is 0 Å². The van der Waals surface area contributed by atoms with E-state index < -0.39 is 17.5 Å². The molecule has 0 bridgehead atoms. The number of hydrogen-bond donors (Lipinski definition) is 0. The van der Waals surface area contributed by atoms with Gasteiger partial charge in [0.25, 0.3) is 0 Å². The molecule has 3 heterocycles. The van der Waals surface area contributed by atoms with E-state index in [9.17, 15) is 9.18 Å². The van der Waals surface area contributed by atoms with Crippen LogP contribution >= 0.6 is 11.6 Å². The van der Waals surface area contributed by atoms with Crippen LogP contribution in [0.15, 0.2) is 18.2 Å². The maximum atomic E-state index is 14.7. The van der Waals surface area contributed by atoms with Crippen LogP contribution in [0.25, 0.3) is 22.3 Å². The molecule has 0 saturated heterocycles. The summed E-state index contributed by atoms with van der Waals surface area (Å²) in [6.45, 7) is 8.79. The minimum Gasteiger partial charge on any atom is -0.444 e. The molecule has 1 atom stereocenters. The molecule has 35 heavy (non-hydrogen) atoms. The summed E-state index contributed by atoms with van der Waals surface area (Å²) in [4.78, 5) is 23.1. The van der Waals surface area contributed by atoms with Gasteiger partial charge in [-0.25, -0.2) is 19.2 Å². The fraction of sp³-hybridized carbons (Fsp3) is 0.480. The van der Waals surface area contributed by atoms with Gasteiger partial charge in [0.05, 0.1) is 49.1 Å². The van der Waals surface area contributed by atoms with E-state index in [-0.39, 0.29) is 6.10 Å². The van der Waals surface area contributed by atoms with Gasteiger partial charge in [0, 0.05) is 31.4 Å². The Morgan fingerprint density at radius 1 is 1.29 bits per heavy atom. The summed E-state index contributed by atoms with van der Waals surface area (Å²) in [7, 11) is 3.25. The lowest BCUT2D eigenvalue weighted by molar-refractivity contribution is 0.0116. The molecule has 0 radical (unpaired) electrons. The molecule has 3 aromatic rings. The standard InChI is InChI=1S/C25H30ClFN4O4/c1-14-28-20-9-16(27)8-18(22-19-13-34-12-15(19)7-21(26)29-22)23(20)31(14)11-17(33-6)10-30(5)24(32)35-25(2,3)4/h7-9,17H,10-13H2,1-6H3/t17-/m0/s1. The number of nitrogens with zero attached hydrogens (tertiary/aromatic N) is 4. The molecule has 4 rings (SSSR count). The second-order valence-electron chi connectivity index (χ2n) is 9.73. The molecule has 1 amide bonds. The smallest absolute Gasteiger partial charge is 0.410 e. The number of aromatic nitrogens is 3. The van der Waals surface area contributed by atoms with Crippen LogP contribution in [0.2, 0.25) is 5.15 Å². The third-order valence-electron chi connectivity index (χ3n) is 5.84. The molecule has 0 N–H and O–H groups in total. The van der Waals surface area contributed by atoms with Gasteiger partial charge in [-0.3, -0.25) is 0 Å². The molecule has 1 aliphatic rings. The number of carbonyl (C=O) groups is 1. The number of likely N-dealkylation sites (N-methyl/N-ethyl adjacent to an activating group) is 1. The summed E-state index contributed by atoms with van der Waals surface area (Å²) in [6, 6.07) is 4.63. The number of pyridine rings is 1. The van der Waals surface area contributed by atoms with E-state index in [0.717, 1.165) is 16.6 Å². The number of methoxy groups -OCH3 is 1. The predicted octanol–water partition coefficient (Wildman–Crippen LogP) is 5.11. The van der Waals surface area contributed by atoms with Crippen molar-refractivity contribution in [3.05, 3.63) is 46.1 Å². The normalized spacial score (nSPS) is 14.3. The Kier molecular flexibility index (Phi) is 7.04. The van der Waals surface area contributed by atoms with Crippen LogP contribution in [0, 0.1) is 12.7 Å². The monoisotopic (exact) mass is 504 g/mol. The number of rotatable bonds is 6. The summed E-state index contributed by atoms with van der Waals surface area (Å²) in [5, 5.41) is 0.318. The molecule has 10 heteroatoms. The molecule has 0 spiro atoms. The second kappa shape index (κ2) is 9.72. The fourth-order valence-electron chi connectivity index (χ4n) is 4.25. The van der Waals surface area contributed by atoms with E-state index in [2.05, 4.69) is 9.97 Å². The molecule has 1 aromatic carbocycles. The average molecular weight is 505 g/mol. The van der Waals surface area contributed by atoms with Crippen molar-refractivity contribution in [3.63, 3.8) is 0 Å². The van der Waals surface area contributed by atoms with Gasteiger partial charge in [0.2, 0.25) is 0 Å². The molecular weight excluding hydrogens is 475 g/mol. The Morgan fingerprint density at radius 3 is 2.71 bits per heavy atom. The van der Waals surface area contributed by atoms with E-state index in [1.54, 1.807) is 20.2 Å². The highest BCUT2D eigenvalue weighted by Gasteiger charge is 2.26. The topological polar surface area (TPSA) is 78.7 Å².